The summed E-state index contributed by atoms with van der Waals surface area (Å²) in [5.41, 5.74) is 6.01. The minimum atomic E-state index is -0.722. The van der Waals surface area contributed by atoms with E-state index in [9.17, 15) is 15.2 Å². The molecule has 0 radical (unpaired) electrons. The number of rotatable bonds is 5. The van der Waals surface area contributed by atoms with E-state index in [1.807, 2.05) is 0 Å². The van der Waals surface area contributed by atoms with Crippen LogP contribution in [0.5, 0.6) is 11.5 Å². The highest BCUT2D eigenvalue weighted by Gasteiger charge is 2.19. The van der Waals surface area contributed by atoms with Gasteiger partial charge in [-0.05, 0) is 18.2 Å². The van der Waals surface area contributed by atoms with Crippen molar-refractivity contribution in [3.8, 4) is 11.5 Å². The van der Waals surface area contributed by atoms with Crippen LogP contribution in [0, 0.1) is 10.1 Å². The van der Waals surface area contributed by atoms with Crippen molar-refractivity contribution in [2.45, 2.75) is 0 Å². The number of nitrogens with two attached hydrogens (primary N) is 1. The molecule has 0 aliphatic carbocycles. The van der Waals surface area contributed by atoms with Gasteiger partial charge in [0.2, 0.25) is 5.75 Å². The summed E-state index contributed by atoms with van der Waals surface area (Å²) >= 11 is 0. The Labute approximate surface area is 130 Å². The van der Waals surface area contributed by atoms with Gasteiger partial charge in [-0.3, -0.25) is 15.1 Å². The van der Waals surface area contributed by atoms with Crippen molar-refractivity contribution in [2.24, 2.45) is 15.9 Å². The number of phenols is 1. The Hall–Kier alpha value is -3.49. The molecule has 0 atom stereocenters. The fourth-order valence-electron chi connectivity index (χ4n) is 1.71. The second-order valence-corrected chi connectivity index (χ2v) is 4.29. The van der Waals surface area contributed by atoms with Crippen LogP contribution in [0.25, 0.3) is 0 Å². The third-order valence-corrected chi connectivity index (χ3v) is 2.79. The van der Waals surface area contributed by atoms with Crippen molar-refractivity contribution in [3.05, 3.63) is 57.9 Å². The van der Waals surface area contributed by atoms with Gasteiger partial charge in [-0.1, -0.05) is 6.07 Å². The number of methoxy groups -OCH3 is 1. The molecule has 1 heterocycles. The highest BCUT2D eigenvalue weighted by atomic mass is 16.6. The second kappa shape index (κ2) is 6.98. The lowest BCUT2D eigenvalue weighted by Gasteiger charge is -2.04. The number of hydrogen-bond acceptors (Lipinski definition) is 7. The maximum Gasteiger partial charge on any atom is 0.315 e. The average Bonchev–Trinajstić information content (AvgIpc) is 2.56. The lowest BCUT2D eigenvalue weighted by molar-refractivity contribution is -0.386. The van der Waals surface area contributed by atoms with E-state index in [1.54, 1.807) is 24.4 Å². The first kappa shape index (κ1) is 15.9. The fourth-order valence-corrected chi connectivity index (χ4v) is 1.71. The average molecular weight is 315 g/mol. The van der Waals surface area contributed by atoms with Crippen LogP contribution in [-0.2, 0) is 0 Å². The second-order valence-electron chi connectivity index (χ2n) is 4.29. The summed E-state index contributed by atoms with van der Waals surface area (Å²) in [5, 5.41) is 28.1. The van der Waals surface area contributed by atoms with Crippen molar-refractivity contribution in [1.29, 1.82) is 0 Å². The van der Waals surface area contributed by atoms with Crippen molar-refractivity contribution < 1.29 is 14.8 Å². The number of nitro groups is 1. The van der Waals surface area contributed by atoms with Crippen molar-refractivity contribution in [2.75, 3.05) is 7.11 Å². The molecule has 2 aromatic rings. The SMILES string of the molecule is COc1cc(C=NN=C(N)c2ccccn2)cc([N+](=O)[O-])c1O. The summed E-state index contributed by atoms with van der Waals surface area (Å²) in [4.78, 5) is 14.2. The maximum atomic E-state index is 10.9. The third-order valence-electron chi connectivity index (χ3n) is 2.79. The van der Waals surface area contributed by atoms with Gasteiger partial charge in [-0.15, -0.1) is 5.10 Å². The van der Waals surface area contributed by atoms with Crippen LogP contribution in [0.2, 0.25) is 0 Å². The largest absolute Gasteiger partial charge is 0.500 e. The molecule has 0 aliphatic rings. The molecule has 23 heavy (non-hydrogen) atoms. The van der Waals surface area contributed by atoms with Crippen molar-refractivity contribution >= 4 is 17.7 Å². The van der Waals surface area contributed by atoms with Crippen LogP contribution in [0.1, 0.15) is 11.3 Å². The van der Waals surface area contributed by atoms with E-state index >= 15 is 0 Å². The number of aromatic nitrogens is 1. The Morgan fingerprint density at radius 1 is 1.48 bits per heavy atom. The van der Waals surface area contributed by atoms with Gasteiger partial charge in [0.05, 0.1) is 18.2 Å². The van der Waals surface area contributed by atoms with Gasteiger partial charge in [-0.25, -0.2) is 0 Å². The molecule has 1 aromatic carbocycles. The van der Waals surface area contributed by atoms with Crippen LogP contribution in [0.15, 0.2) is 46.7 Å². The van der Waals surface area contributed by atoms with Gasteiger partial charge in [0, 0.05) is 17.8 Å². The van der Waals surface area contributed by atoms with Gasteiger partial charge in [-0.2, -0.15) is 5.10 Å². The molecule has 0 saturated carbocycles. The topological polar surface area (TPSA) is 136 Å². The van der Waals surface area contributed by atoms with Crippen molar-refractivity contribution in [1.82, 2.24) is 4.98 Å². The molecular weight excluding hydrogens is 302 g/mol. The number of nitrogens with zero attached hydrogens (tertiary/aromatic N) is 4. The molecule has 9 nitrogen and oxygen atoms in total. The summed E-state index contributed by atoms with van der Waals surface area (Å²) in [7, 11) is 1.29. The van der Waals surface area contributed by atoms with Gasteiger partial charge < -0.3 is 15.6 Å². The zero-order chi connectivity index (χ0) is 16.8. The van der Waals surface area contributed by atoms with Crippen LogP contribution < -0.4 is 10.5 Å². The van der Waals surface area contributed by atoms with E-state index in [0.29, 0.717) is 11.3 Å². The zero-order valence-electron chi connectivity index (χ0n) is 12.1. The lowest BCUT2D eigenvalue weighted by atomic mass is 10.2. The van der Waals surface area contributed by atoms with E-state index in [2.05, 4.69) is 15.2 Å². The van der Waals surface area contributed by atoms with Gasteiger partial charge in [0.15, 0.2) is 11.6 Å². The number of ether oxygens (including phenoxy) is 1. The highest BCUT2D eigenvalue weighted by Crippen LogP contribution is 2.36. The zero-order valence-corrected chi connectivity index (χ0v) is 12.1. The molecule has 0 bridgehead atoms. The molecule has 0 amide bonds. The Morgan fingerprint density at radius 2 is 2.26 bits per heavy atom. The minimum absolute atomic E-state index is 0.0395. The number of amidine groups is 1. The molecule has 0 saturated heterocycles. The molecule has 1 aromatic heterocycles. The smallest absolute Gasteiger partial charge is 0.315 e. The van der Waals surface area contributed by atoms with Crippen LogP contribution in [0.4, 0.5) is 5.69 Å². The summed E-state index contributed by atoms with van der Waals surface area (Å²) in [6.45, 7) is 0. The predicted octanol–water partition coefficient (Wildman–Crippen LogP) is 1.44. The summed E-state index contributed by atoms with van der Waals surface area (Å²) in [6, 6.07) is 7.69. The van der Waals surface area contributed by atoms with Gasteiger partial charge in [0.25, 0.3) is 0 Å². The number of nitro benzene ring substituents is 1. The number of benzene rings is 1. The Balaban J connectivity index is 2.29. The number of phenolic OH excluding ortho intramolecular Hbond substituents is 1. The van der Waals surface area contributed by atoms with Gasteiger partial charge in [0.1, 0.15) is 5.69 Å². The molecular formula is C14H13N5O4. The van der Waals surface area contributed by atoms with E-state index in [-0.39, 0.29) is 11.6 Å². The van der Waals surface area contributed by atoms with E-state index in [0.717, 1.165) is 6.07 Å². The first-order valence-electron chi connectivity index (χ1n) is 6.36. The first-order valence-corrected chi connectivity index (χ1v) is 6.36. The maximum absolute atomic E-state index is 10.9. The van der Waals surface area contributed by atoms with Crippen molar-refractivity contribution in [3.63, 3.8) is 0 Å². The highest BCUT2D eigenvalue weighted by molar-refractivity contribution is 5.96. The molecule has 9 heteroatoms. The number of hydrogen-bond donors (Lipinski definition) is 2. The van der Waals surface area contributed by atoms with Crippen LogP contribution in [0.3, 0.4) is 0 Å². The Kier molecular flexibility index (Phi) is 4.82. The van der Waals surface area contributed by atoms with E-state index in [4.69, 9.17) is 10.5 Å². The third kappa shape index (κ3) is 3.79. The number of aromatic hydroxyl groups is 1. The van der Waals surface area contributed by atoms with Crippen LogP contribution >= 0.6 is 0 Å². The van der Waals surface area contributed by atoms with Crippen LogP contribution in [-0.4, -0.2) is 34.2 Å². The fraction of sp³-hybridized carbons (Fsp3) is 0.0714. The van der Waals surface area contributed by atoms with Gasteiger partial charge >= 0.3 is 5.69 Å². The predicted molar refractivity (Wildman–Crippen MR) is 83.9 cm³/mol. The molecule has 0 unspecified atom stereocenters. The molecule has 0 fully saturated rings. The molecule has 3 N–H and O–H groups in total. The first-order chi connectivity index (χ1) is 11.0. The molecule has 118 valence electrons. The Morgan fingerprint density at radius 3 is 2.87 bits per heavy atom. The monoisotopic (exact) mass is 315 g/mol. The standard InChI is InChI=1S/C14H13N5O4/c1-23-12-7-9(6-11(13(12)20)19(21)22)8-17-18-14(15)10-4-2-3-5-16-10/h2-8,20H,1H3,(H2,15,18). The summed E-state index contributed by atoms with van der Waals surface area (Å²) in [6.07, 6.45) is 2.82. The lowest BCUT2D eigenvalue weighted by Crippen LogP contribution is -2.14. The number of pyridine rings is 1. The summed E-state index contributed by atoms with van der Waals surface area (Å²) < 4.78 is 4.89. The van der Waals surface area contributed by atoms with E-state index < -0.39 is 16.4 Å². The molecule has 0 spiro atoms. The quantitative estimate of drug-likeness (QED) is 0.371. The molecule has 2 rings (SSSR count). The normalized spacial score (nSPS) is 11.6. The van der Waals surface area contributed by atoms with E-state index in [1.165, 1.54) is 19.4 Å². The summed E-state index contributed by atoms with van der Waals surface area (Å²) in [5.74, 6) is -0.490. The Bertz CT molecular complexity index is 774. The minimum Gasteiger partial charge on any atom is -0.500 e. The molecule has 0 aliphatic heterocycles.